The molecule has 0 radical (unpaired) electrons. The molecule has 0 N–H and O–H groups in total. The molecular formula is C34H54S4. The zero-order valence-electron chi connectivity index (χ0n) is 24.5. The monoisotopic (exact) mass is 590 g/mol. The highest BCUT2D eigenvalue weighted by Gasteiger charge is 2.16. The number of thiophene rings is 2. The molecule has 3 aromatic rings. The van der Waals surface area contributed by atoms with Crippen molar-refractivity contribution in [3.63, 3.8) is 0 Å². The minimum Gasteiger partial charge on any atom is -0.143 e. The summed E-state index contributed by atoms with van der Waals surface area (Å²) in [6, 6.07) is 4.79. The SMILES string of the molecule is CCCCCCCCCCCCSc1c2ccsc2c(SCCCCCCCCCCCC)c2ccsc12. The summed E-state index contributed by atoms with van der Waals surface area (Å²) in [7, 11) is 0. The quantitative estimate of drug-likeness (QED) is 0.0751. The molecule has 38 heavy (non-hydrogen) atoms. The number of benzene rings is 1. The highest BCUT2D eigenvalue weighted by atomic mass is 32.2. The third kappa shape index (κ3) is 11.4. The number of hydrogen-bond donors (Lipinski definition) is 0. The van der Waals surface area contributed by atoms with Gasteiger partial charge in [-0.05, 0) is 47.2 Å². The smallest absolute Gasteiger partial charge is 0.0496 e. The van der Waals surface area contributed by atoms with Crippen LogP contribution in [0.2, 0.25) is 0 Å². The first kappa shape index (κ1) is 32.4. The average Bonchev–Trinajstić information content (AvgIpc) is 3.61. The molecule has 0 saturated carbocycles. The van der Waals surface area contributed by atoms with E-state index in [-0.39, 0.29) is 0 Å². The highest BCUT2D eigenvalue weighted by Crippen LogP contribution is 2.47. The third-order valence-electron chi connectivity index (χ3n) is 7.72. The second kappa shape index (κ2) is 20.7. The molecule has 1 aromatic carbocycles. The van der Waals surface area contributed by atoms with Crippen LogP contribution in [0.15, 0.2) is 32.7 Å². The third-order valence-corrected chi connectivity index (χ3v) is 12.3. The van der Waals surface area contributed by atoms with Crippen molar-refractivity contribution in [2.24, 2.45) is 0 Å². The van der Waals surface area contributed by atoms with Gasteiger partial charge >= 0.3 is 0 Å². The number of unbranched alkanes of at least 4 members (excludes halogenated alkanes) is 18. The van der Waals surface area contributed by atoms with E-state index in [9.17, 15) is 0 Å². The number of hydrogen-bond acceptors (Lipinski definition) is 4. The predicted molar refractivity (Wildman–Crippen MR) is 182 cm³/mol. The van der Waals surface area contributed by atoms with Gasteiger partial charge in [0.25, 0.3) is 0 Å². The van der Waals surface area contributed by atoms with E-state index in [1.54, 1.807) is 19.2 Å². The molecule has 0 spiro atoms. The molecule has 0 aliphatic rings. The normalized spacial score (nSPS) is 11.8. The van der Waals surface area contributed by atoms with Crippen LogP contribution < -0.4 is 0 Å². The maximum absolute atomic E-state index is 2.39. The maximum atomic E-state index is 2.39. The van der Waals surface area contributed by atoms with Crippen LogP contribution >= 0.6 is 46.2 Å². The molecule has 0 fully saturated rings. The van der Waals surface area contributed by atoms with Crippen LogP contribution in [0.1, 0.15) is 142 Å². The lowest BCUT2D eigenvalue weighted by Crippen LogP contribution is -1.87. The van der Waals surface area contributed by atoms with E-state index in [2.05, 4.69) is 60.3 Å². The van der Waals surface area contributed by atoms with E-state index in [1.807, 2.05) is 22.7 Å². The van der Waals surface area contributed by atoms with E-state index in [0.29, 0.717) is 0 Å². The lowest BCUT2D eigenvalue weighted by molar-refractivity contribution is 0.563. The first-order valence-corrected chi connectivity index (χ1v) is 19.8. The Balaban J connectivity index is 1.38. The van der Waals surface area contributed by atoms with Gasteiger partial charge in [0.05, 0.1) is 0 Å². The Morgan fingerprint density at radius 3 is 1.11 bits per heavy atom. The summed E-state index contributed by atoms with van der Waals surface area (Å²) in [5.74, 6) is 2.53. The van der Waals surface area contributed by atoms with Gasteiger partial charge in [0.2, 0.25) is 0 Å². The molecule has 0 aliphatic carbocycles. The molecule has 0 atom stereocenters. The van der Waals surface area contributed by atoms with Crippen molar-refractivity contribution >= 4 is 66.4 Å². The molecule has 0 bridgehead atoms. The van der Waals surface area contributed by atoms with Crippen LogP contribution in [0.25, 0.3) is 20.2 Å². The summed E-state index contributed by atoms with van der Waals surface area (Å²) < 4.78 is 3.08. The number of rotatable bonds is 24. The largest absolute Gasteiger partial charge is 0.143 e. The fourth-order valence-corrected chi connectivity index (χ4v) is 10.1. The van der Waals surface area contributed by atoms with Crippen LogP contribution in [-0.4, -0.2) is 11.5 Å². The summed E-state index contributed by atoms with van der Waals surface area (Å²) in [6.45, 7) is 4.61. The number of thioether (sulfide) groups is 2. The van der Waals surface area contributed by atoms with Gasteiger partial charge in [-0.1, -0.05) is 129 Å². The molecule has 2 heterocycles. The Bertz CT molecular complexity index is 858. The Morgan fingerprint density at radius 2 is 0.763 bits per heavy atom. The standard InChI is InChI=1S/C34H54S4/c1-3-5-7-9-11-13-15-17-19-21-25-35-31-29-23-27-38-34(29)32(30-24-28-37-33(30)31)36-26-22-20-18-16-14-12-10-8-6-4-2/h23-24,27-28H,3-22,25-26H2,1-2H3. The molecular weight excluding hydrogens is 537 g/mol. The Kier molecular flexibility index (Phi) is 17.6. The second-order valence-electron chi connectivity index (χ2n) is 11.0. The van der Waals surface area contributed by atoms with Gasteiger partial charge in [0.15, 0.2) is 0 Å². The molecule has 4 heteroatoms. The van der Waals surface area contributed by atoms with Crippen molar-refractivity contribution < 1.29 is 0 Å². The van der Waals surface area contributed by atoms with E-state index in [0.717, 1.165) is 0 Å². The van der Waals surface area contributed by atoms with Crippen LogP contribution in [0.4, 0.5) is 0 Å². The van der Waals surface area contributed by atoms with Crippen LogP contribution in [0, 0.1) is 0 Å². The van der Waals surface area contributed by atoms with Crippen LogP contribution in [0.5, 0.6) is 0 Å². The van der Waals surface area contributed by atoms with Gasteiger partial charge in [-0.25, -0.2) is 0 Å². The molecule has 0 nitrogen and oxygen atoms in total. The molecule has 0 aliphatic heterocycles. The van der Waals surface area contributed by atoms with Crippen molar-refractivity contribution in [2.45, 2.75) is 152 Å². The summed E-state index contributed by atoms with van der Waals surface area (Å²) in [4.78, 5) is 3.12. The summed E-state index contributed by atoms with van der Waals surface area (Å²) >= 11 is 8.17. The Hall–Kier alpha value is -0.160. The minimum absolute atomic E-state index is 1.26. The summed E-state index contributed by atoms with van der Waals surface area (Å²) in [5, 5.41) is 7.69. The molecule has 3 rings (SSSR count). The van der Waals surface area contributed by atoms with Crippen LogP contribution in [-0.2, 0) is 0 Å². The van der Waals surface area contributed by atoms with E-state index in [1.165, 1.54) is 151 Å². The van der Waals surface area contributed by atoms with Gasteiger partial charge in [0, 0.05) is 30.0 Å². The average molecular weight is 591 g/mol. The topological polar surface area (TPSA) is 0 Å². The van der Waals surface area contributed by atoms with Crippen molar-refractivity contribution in [1.82, 2.24) is 0 Å². The van der Waals surface area contributed by atoms with Gasteiger partial charge in [-0.15, -0.1) is 46.2 Å². The first-order valence-electron chi connectivity index (χ1n) is 16.0. The van der Waals surface area contributed by atoms with Crippen molar-refractivity contribution in [1.29, 1.82) is 0 Å². The predicted octanol–water partition coefficient (Wildman–Crippen LogP) is 14.1. The molecule has 2 aromatic heterocycles. The van der Waals surface area contributed by atoms with E-state index >= 15 is 0 Å². The van der Waals surface area contributed by atoms with Gasteiger partial charge in [-0.3, -0.25) is 0 Å². The van der Waals surface area contributed by atoms with Crippen molar-refractivity contribution in [2.75, 3.05) is 11.5 Å². The van der Waals surface area contributed by atoms with E-state index < -0.39 is 0 Å². The first-order chi connectivity index (χ1) is 18.9. The van der Waals surface area contributed by atoms with Crippen molar-refractivity contribution in [3.8, 4) is 0 Å². The molecule has 0 unspecified atom stereocenters. The Morgan fingerprint density at radius 1 is 0.447 bits per heavy atom. The van der Waals surface area contributed by atoms with Gasteiger partial charge < -0.3 is 0 Å². The molecule has 0 saturated heterocycles. The highest BCUT2D eigenvalue weighted by molar-refractivity contribution is 8.00. The maximum Gasteiger partial charge on any atom is 0.0496 e. The fraction of sp³-hybridized carbons (Fsp3) is 0.706. The molecule has 214 valence electrons. The fourth-order valence-electron chi connectivity index (χ4n) is 5.39. The molecule has 0 amide bonds. The number of fused-ring (bicyclic) bond motifs is 2. The van der Waals surface area contributed by atoms with Gasteiger partial charge in [-0.2, -0.15) is 0 Å². The zero-order chi connectivity index (χ0) is 26.7. The van der Waals surface area contributed by atoms with Crippen molar-refractivity contribution in [3.05, 3.63) is 22.9 Å². The summed E-state index contributed by atoms with van der Waals surface area (Å²) in [5.41, 5.74) is 0. The summed E-state index contributed by atoms with van der Waals surface area (Å²) in [6.07, 6.45) is 28.3. The van der Waals surface area contributed by atoms with Gasteiger partial charge in [0.1, 0.15) is 0 Å². The van der Waals surface area contributed by atoms with Crippen LogP contribution in [0.3, 0.4) is 0 Å². The van der Waals surface area contributed by atoms with E-state index in [4.69, 9.17) is 0 Å². The minimum atomic E-state index is 1.26. The lowest BCUT2D eigenvalue weighted by atomic mass is 10.1. The lowest BCUT2D eigenvalue weighted by Gasteiger charge is -2.11. The second-order valence-corrected chi connectivity index (χ2v) is 15.1. The Labute approximate surface area is 251 Å². The zero-order valence-corrected chi connectivity index (χ0v) is 27.8.